The Morgan fingerprint density at radius 1 is 0.969 bits per heavy atom. The summed E-state index contributed by atoms with van der Waals surface area (Å²) in [6.07, 6.45) is 6.96. The number of hydrogen-bond donors (Lipinski definition) is 2. The Bertz CT molecular complexity index is 1470. The first-order valence-electron chi connectivity index (χ1n) is 9.80. The summed E-state index contributed by atoms with van der Waals surface area (Å²) in [5.41, 5.74) is 4.49. The molecule has 158 valence electrons. The summed E-state index contributed by atoms with van der Waals surface area (Å²) in [7, 11) is 0. The molecule has 0 aliphatic heterocycles. The molecule has 32 heavy (non-hydrogen) atoms. The molecule has 5 rings (SSSR count). The third-order valence-corrected chi connectivity index (χ3v) is 5.56. The van der Waals surface area contributed by atoms with Crippen LogP contribution < -0.4 is 5.32 Å². The van der Waals surface area contributed by atoms with E-state index in [1.165, 1.54) is 6.33 Å². The Morgan fingerprint density at radius 2 is 1.88 bits per heavy atom. The summed E-state index contributed by atoms with van der Waals surface area (Å²) in [5.74, 6) is -0.289. The Hall–Kier alpha value is -3.55. The third kappa shape index (κ3) is 4.26. The number of fused-ring (bicyclic) bond motifs is 2. The number of H-pyrrole nitrogens is 1. The first-order valence-corrected chi connectivity index (χ1v) is 10.6. The van der Waals surface area contributed by atoms with Gasteiger partial charge in [0.05, 0.1) is 15.6 Å². The Labute approximate surface area is 192 Å². The van der Waals surface area contributed by atoms with Crippen LogP contribution >= 0.6 is 23.2 Å². The molecule has 0 radical (unpaired) electrons. The summed E-state index contributed by atoms with van der Waals surface area (Å²) >= 11 is 12.2. The van der Waals surface area contributed by atoms with Gasteiger partial charge in [0.15, 0.2) is 0 Å². The minimum atomic E-state index is -0.289. The average Bonchev–Trinajstić information content (AvgIpc) is 3.17. The Morgan fingerprint density at radius 3 is 2.78 bits per heavy atom. The smallest absolute Gasteiger partial charge is 0.270 e. The second-order valence-electron chi connectivity index (χ2n) is 7.31. The first kappa shape index (κ1) is 20.4. The number of hydrogen-bond acceptors (Lipinski definition) is 5. The molecular weight excluding hydrogens is 447 g/mol. The van der Waals surface area contributed by atoms with Crippen molar-refractivity contribution in [2.75, 3.05) is 0 Å². The van der Waals surface area contributed by atoms with E-state index in [0.717, 1.165) is 33.1 Å². The van der Waals surface area contributed by atoms with Crippen molar-refractivity contribution >= 4 is 51.0 Å². The van der Waals surface area contributed by atoms with Gasteiger partial charge in [-0.05, 0) is 41.5 Å². The molecule has 4 heterocycles. The minimum absolute atomic E-state index is 0.289. The molecule has 1 amide bonds. The van der Waals surface area contributed by atoms with Gasteiger partial charge in [0, 0.05) is 48.0 Å². The molecule has 0 bridgehead atoms. The van der Waals surface area contributed by atoms with Crippen LogP contribution in [0.3, 0.4) is 0 Å². The fraction of sp³-hybridized carbons (Fsp3) is 0.0870. The quantitative estimate of drug-likeness (QED) is 0.393. The monoisotopic (exact) mass is 462 g/mol. The number of amides is 1. The van der Waals surface area contributed by atoms with Gasteiger partial charge in [-0.1, -0.05) is 29.3 Å². The van der Waals surface area contributed by atoms with Gasteiger partial charge >= 0.3 is 0 Å². The number of benzene rings is 1. The maximum Gasteiger partial charge on any atom is 0.270 e. The predicted molar refractivity (Wildman–Crippen MR) is 124 cm³/mol. The van der Waals surface area contributed by atoms with Crippen LogP contribution in [0, 0.1) is 0 Å². The highest BCUT2D eigenvalue weighted by Gasteiger charge is 2.11. The SMILES string of the molecule is O=C(NCc1cnc2[nH]cc(Cl)c2c1)c1cc(Cc2ccc3ncc(Cl)cc3c2)ncn1. The van der Waals surface area contributed by atoms with Crippen molar-refractivity contribution in [1.29, 1.82) is 0 Å². The number of carbonyl (C=O) groups is 1. The molecule has 0 aliphatic carbocycles. The van der Waals surface area contributed by atoms with Crippen LogP contribution in [0.15, 0.2) is 61.3 Å². The highest BCUT2D eigenvalue weighted by atomic mass is 35.5. The van der Waals surface area contributed by atoms with E-state index >= 15 is 0 Å². The highest BCUT2D eigenvalue weighted by molar-refractivity contribution is 6.35. The number of nitrogens with one attached hydrogen (secondary N) is 2. The lowest BCUT2D eigenvalue weighted by molar-refractivity contribution is 0.0945. The van der Waals surface area contributed by atoms with Crippen LogP contribution in [-0.4, -0.2) is 30.8 Å². The van der Waals surface area contributed by atoms with Gasteiger partial charge in [-0.2, -0.15) is 0 Å². The van der Waals surface area contributed by atoms with Crippen LogP contribution in [0.1, 0.15) is 27.3 Å². The van der Waals surface area contributed by atoms with E-state index in [9.17, 15) is 4.79 Å². The van der Waals surface area contributed by atoms with E-state index in [1.807, 2.05) is 30.3 Å². The second-order valence-corrected chi connectivity index (χ2v) is 8.15. The van der Waals surface area contributed by atoms with Gasteiger partial charge in [0.2, 0.25) is 0 Å². The molecule has 0 spiro atoms. The maximum atomic E-state index is 12.6. The fourth-order valence-electron chi connectivity index (χ4n) is 3.48. The van der Waals surface area contributed by atoms with E-state index in [-0.39, 0.29) is 5.91 Å². The number of carbonyl (C=O) groups excluding carboxylic acids is 1. The zero-order valence-electron chi connectivity index (χ0n) is 16.6. The van der Waals surface area contributed by atoms with Gasteiger partial charge in [-0.25, -0.2) is 15.0 Å². The molecule has 1 aromatic carbocycles. The Balaban J connectivity index is 1.29. The molecule has 7 nitrogen and oxygen atoms in total. The van der Waals surface area contributed by atoms with E-state index in [1.54, 1.807) is 24.7 Å². The van der Waals surface area contributed by atoms with Crippen molar-refractivity contribution in [2.45, 2.75) is 13.0 Å². The van der Waals surface area contributed by atoms with E-state index < -0.39 is 0 Å². The van der Waals surface area contributed by atoms with Gasteiger partial charge < -0.3 is 10.3 Å². The lowest BCUT2D eigenvalue weighted by Gasteiger charge is -2.07. The summed E-state index contributed by atoms with van der Waals surface area (Å²) in [6.45, 7) is 0.307. The van der Waals surface area contributed by atoms with E-state index in [4.69, 9.17) is 23.2 Å². The number of rotatable bonds is 5. The first-order chi connectivity index (χ1) is 15.5. The lowest BCUT2D eigenvalue weighted by atomic mass is 10.1. The van der Waals surface area contributed by atoms with E-state index in [2.05, 4.69) is 30.2 Å². The van der Waals surface area contributed by atoms with Crippen molar-refractivity contribution in [1.82, 2.24) is 30.2 Å². The van der Waals surface area contributed by atoms with Gasteiger partial charge in [0.25, 0.3) is 5.91 Å². The van der Waals surface area contributed by atoms with Crippen LogP contribution in [-0.2, 0) is 13.0 Å². The highest BCUT2D eigenvalue weighted by Crippen LogP contribution is 2.22. The predicted octanol–water partition coefficient (Wildman–Crippen LogP) is 4.73. The molecule has 0 saturated heterocycles. The summed E-state index contributed by atoms with van der Waals surface area (Å²) in [6, 6.07) is 11.4. The minimum Gasteiger partial charge on any atom is -0.347 e. The van der Waals surface area contributed by atoms with Gasteiger partial charge in [-0.3, -0.25) is 9.78 Å². The fourth-order valence-corrected chi connectivity index (χ4v) is 3.84. The second kappa shape index (κ2) is 8.53. The zero-order chi connectivity index (χ0) is 22.1. The number of pyridine rings is 2. The molecule has 0 unspecified atom stereocenters. The molecule has 0 aliphatic rings. The van der Waals surface area contributed by atoms with E-state index in [0.29, 0.717) is 34.4 Å². The van der Waals surface area contributed by atoms with Gasteiger partial charge in [-0.15, -0.1) is 0 Å². The summed E-state index contributed by atoms with van der Waals surface area (Å²) < 4.78 is 0. The van der Waals surface area contributed by atoms with Gasteiger partial charge in [0.1, 0.15) is 17.7 Å². The Kier molecular flexibility index (Phi) is 5.43. The topological polar surface area (TPSA) is 96.5 Å². The maximum absolute atomic E-state index is 12.6. The van der Waals surface area contributed by atoms with Crippen LogP contribution in [0.25, 0.3) is 21.9 Å². The lowest BCUT2D eigenvalue weighted by Crippen LogP contribution is -2.24. The van der Waals surface area contributed by atoms with Crippen molar-refractivity contribution in [3.63, 3.8) is 0 Å². The van der Waals surface area contributed by atoms with Crippen LogP contribution in [0.5, 0.6) is 0 Å². The zero-order valence-corrected chi connectivity index (χ0v) is 18.2. The third-order valence-electron chi connectivity index (χ3n) is 5.04. The van der Waals surface area contributed by atoms with Crippen LogP contribution in [0.2, 0.25) is 10.0 Å². The largest absolute Gasteiger partial charge is 0.347 e. The summed E-state index contributed by atoms with van der Waals surface area (Å²) in [4.78, 5) is 32.7. The molecular formula is C23H16Cl2N6O. The van der Waals surface area contributed by atoms with Crippen LogP contribution in [0.4, 0.5) is 0 Å². The number of nitrogens with zero attached hydrogens (tertiary/aromatic N) is 4. The van der Waals surface area contributed by atoms with Crippen molar-refractivity contribution in [2.24, 2.45) is 0 Å². The molecule has 9 heteroatoms. The van der Waals surface area contributed by atoms with Crippen molar-refractivity contribution < 1.29 is 4.79 Å². The number of halogens is 2. The summed E-state index contributed by atoms with van der Waals surface area (Å²) in [5, 5.41) is 5.81. The molecule has 5 aromatic rings. The molecule has 0 fully saturated rings. The molecule has 2 N–H and O–H groups in total. The standard InChI is InChI=1S/C23H16Cl2N6O/c24-16-6-15-3-13(1-2-20(15)26-10-16)4-17-7-21(31-12-30-17)23(32)29-9-14-5-18-19(25)11-28-22(18)27-8-14/h1-3,5-8,10-12H,4,9H2,(H,27,28)(H,29,32). The average molecular weight is 463 g/mol. The van der Waals surface area contributed by atoms with Crippen molar-refractivity contribution in [3.05, 3.63) is 93.9 Å². The molecule has 0 saturated carbocycles. The number of aromatic nitrogens is 5. The molecule has 0 atom stereocenters. The molecule has 4 aromatic heterocycles. The number of aromatic amines is 1. The normalized spacial score (nSPS) is 11.2. The van der Waals surface area contributed by atoms with Crippen molar-refractivity contribution in [3.8, 4) is 0 Å².